The second-order valence-corrected chi connectivity index (χ2v) is 6.66. The lowest BCUT2D eigenvalue weighted by Gasteiger charge is -2.18. The molecule has 25 heavy (non-hydrogen) atoms. The fraction of sp³-hybridized carbons (Fsp3) is 0.263. The van der Waals surface area contributed by atoms with E-state index in [-0.39, 0.29) is 5.91 Å². The monoisotopic (exact) mass is 357 g/mol. The lowest BCUT2D eigenvalue weighted by Crippen LogP contribution is -2.43. The molecule has 2 aromatic carbocycles. The number of nitrogens with one attached hydrogen (secondary N) is 2. The summed E-state index contributed by atoms with van der Waals surface area (Å²) in [6.45, 7) is 4.47. The van der Waals surface area contributed by atoms with Crippen LogP contribution in [0, 0.1) is 13.8 Å². The molecule has 6 heteroatoms. The van der Waals surface area contributed by atoms with Gasteiger partial charge in [-0.15, -0.1) is 0 Å². The van der Waals surface area contributed by atoms with Crippen LogP contribution < -0.4 is 15.5 Å². The topological polar surface area (TPSA) is 61.4 Å². The summed E-state index contributed by atoms with van der Waals surface area (Å²) in [4.78, 5) is 26.5. The number of rotatable bonds is 3. The minimum atomic E-state index is -0.527. The van der Waals surface area contributed by atoms with Crippen LogP contribution >= 0.6 is 11.6 Å². The highest BCUT2D eigenvalue weighted by Gasteiger charge is 2.33. The van der Waals surface area contributed by atoms with Gasteiger partial charge in [0.2, 0.25) is 5.91 Å². The molecule has 0 aromatic heterocycles. The molecule has 1 fully saturated rings. The van der Waals surface area contributed by atoms with Gasteiger partial charge in [0, 0.05) is 22.9 Å². The highest BCUT2D eigenvalue weighted by Crippen LogP contribution is 2.23. The van der Waals surface area contributed by atoms with E-state index in [1.165, 1.54) is 0 Å². The van der Waals surface area contributed by atoms with Crippen LogP contribution in [0.2, 0.25) is 5.02 Å². The molecule has 1 heterocycles. The molecule has 5 nitrogen and oxygen atoms in total. The van der Waals surface area contributed by atoms with Gasteiger partial charge in [0.05, 0.1) is 0 Å². The minimum absolute atomic E-state index is 0.0955. The van der Waals surface area contributed by atoms with E-state index in [1.54, 1.807) is 17.0 Å². The van der Waals surface area contributed by atoms with E-state index in [0.29, 0.717) is 23.7 Å². The van der Waals surface area contributed by atoms with Crippen LogP contribution in [-0.2, 0) is 4.79 Å². The van der Waals surface area contributed by atoms with Gasteiger partial charge < -0.3 is 15.5 Å². The summed E-state index contributed by atoms with van der Waals surface area (Å²) >= 11 is 5.96. The van der Waals surface area contributed by atoms with Crippen molar-refractivity contribution in [3.63, 3.8) is 0 Å². The first-order chi connectivity index (χ1) is 11.9. The molecule has 3 rings (SSSR count). The van der Waals surface area contributed by atoms with Crippen molar-refractivity contribution in [3.05, 3.63) is 58.6 Å². The number of carbonyl (C=O) groups excluding carboxylic acids is 2. The minimum Gasteiger partial charge on any atom is -0.326 e. The lowest BCUT2D eigenvalue weighted by molar-refractivity contribution is -0.118. The highest BCUT2D eigenvalue weighted by molar-refractivity contribution is 6.31. The fourth-order valence-corrected chi connectivity index (χ4v) is 3.01. The Morgan fingerprint density at radius 1 is 1.16 bits per heavy atom. The maximum absolute atomic E-state index is 12.6. The van der Waals surface area contributed by atoms with Crippen molar-refractivity contribution in [3.8, 4) is 0 Å². The average molecular weight is 358 g/mol. The summed E-state index contributed by atoms with van der Waals surface area (Å²) in [6, 6.07) is 12.1. The average Bonchev–Trinajstić information content (AvgIpc) is 2.92. The third-order valence-electron chi connectivity index (χ3n) is 4.30. The normalized spacial score (nSPS) is 16.8. The van der Waals surface area contributed by atoms with E-state index >= 15 is 0 Å². The van der Waals surface area contributed by atoms with Crippen molar-refractivity contribution in [2.24, 2.45) is 0 Å². The number of hydrogen-bond acceptors (Lipinski definition) is 2. The van der Waals surface area contributed by atoms with Crippen LogP contribution in [-0.4, -0.2) is 24.5 Å². The number of amides is 3. The van der Waals surface area contributed by atoms with E-state index in [1.807, 2.05) is 44.2 Å². The second-order valence-electron chi connectivity index (χ2n) is 6.22. The Labute approximate surface area is 152 Å². The Morgan fingerprint density at radius 2 is 1.88 bits per heavy atom. The Kier molecular flexibility index (Phi) is 4.95. The maximum atomic E-state index is 12.6. The molecule has 130 valence electrons. The van der Waals surface area contributed by atoms with E-state index in [4.69, 9.17) is 11.6 Å². The van der Waals surface area contributed by atoms with Gasteiger partial charge in [0.25, 0.3) is 0 Å². The molecule has 2 N–H and O–H groups in total. The molecule has 1 saturated heterocycles. The highest BCUT2D eigenvalue weighted by atomic mass is 35.5. The van der Waals surface area contributed by atoms with Gasteiger partial charge in [-0.1, -0.05) is 35.4 Å². The molecule has 0 saturated carbocycles. The summed E-state index contributed by atoms with van der Waals surface area (Å²) in [6.07, 6.45) is 0.578. The van der Waals surface area contributed by atoms with Gasteiger partial charge >= 0.3 is 6.03 Å². The van der Waals surface area contributed by atoms with Gasteiger partial charge in [0.15, 0.2) is 0 Å². The van der Waals surface area contributed by atoms with Crippen molar-refractivity contribution in [1.29, 1.82) is 0 Å². The zero-order chi connectivity index (χ0) is 18.0. The number of hydrogen-bond donors (Lipinski definition) is 2. The third kappa shape index (κ3) is 3.94. The molecule has 1 atom stereocenters. The molecule has 0 unspecified atom stereocenters. The van der Waals surface area contributed by atoms with Crippen LogP contribution in [0.1, 0.15) is 17.5 Å². The van der Waals surface area contributed by atoms with E-state index in [0.717, 1.165) is 16.8 Å². The molecular weight excluding hydrogens is 338 g/mol. The smallest absolute Gasteiger partial charge is 0.319 e. The maximum Gasteiger partial charge on any atom is 0.319 e. The van der Waals surface area contributed by atoms with Crippen LogP contribution in [0.25, 0.3) is 0 Å². The Balaban J connectivity index is 1.63. The summed E-state index contributed by atoms with van der Waals surface area (Å²) in [5.74, 6) is -0.0955. The molecule has 0 aliphatic carbocycles. The number of halogens is 1. The largest absolute Gasteiger partial charge is 0.326 e. The predicted octanol–water partition coefficient (Wildman–Crippen LogP) is 3.88. The number of urea groups is 1. The first kappa shape index (κ1) is 17.3. The summed E-state index contributed by atoms with van der Waals surface area (Å²) in [5, 5.41) is 6.05. The SMILES string of the molecule is Cc1ccc(N2CC[C@H](NC(=O)Nc3cc(Cl)ccc3C)C2=O)cc1. The van der Waals surface area contributed by atoms with Crippen LogP contribution in [0.15, 0.2) is 42.5 Å². The number of nitrogens with zero attached hydrogens (tertiary/aromatic N) is 1. The zero-order valence-electron chi connectivity index (χ0n) is 14.2. The number of aryl methyl sites for hydroxylation is 2. The Bertz CT molecular complexity index is 805. The Morgan fingerprint density at radius 3 is 2.60 bits per heavy atom. The quantitative estimate of drug-likeness (QED) is 0.875. The molecule has 0 bridgehead atoms. The predicted molar refractivity (Wildman–Crippen MR) is 100 cm³/mol. The van der Waals surface area contributed by atoms with Crippen molar-refractivity contribution < 1.29 is 9.59 Å². The van der Waals surface area contributed by atoms with E-state index < -0.39 is 12.1 Å². The van der Waals surface area contributed by atoms with Crippen LogP contribution in [0.3, 0.4) is 0 Å². The third-order valence-corrected chi connectivity index (χ3v) is 4.54. The summed E-state index contributed by atoms with van der Waals surface area (Å²) < 4.78 is 0. The van der Waals surface area contributed by atoms with Crippen molar-refractivity contribution in [2.75, 3.05) is 16.8 Å². The molecule has 0 radical (unpaired) electrons. The molecule has 1 aliphatic rings. The molecule has 0 spiro atoms. The zero-order valence-corrected chi connectivity index (χ0v) is 14.9. The molecule has 3 amide bonds. The summed E-state index contributed by atoms with van der Waals surface area (Å²) in [7, 11) is 0. The number of carbonyl (C=O) groups is 2. The Hall–Kier alpha value is -2.53. The first-order valence-electron chi connectivity index (χ1n) is 8.16. The second kappa shape index (κ2) is 7.15. The lowest BCUT2D eigenvalue weighted by atomic mass is 10.2. The van der Waals surface area contributed by atoms with Crippen molar-refractivity contribution >= 4 is 34.9 Å². The number of benzene rings is 2. The van der Waals surface area contributed by atoms with Crippen LogP contribution in [0.4, 0.5) is 16.2 Å². The van der Waals surface area contributed by atoms with Crippen molar-refractivity contribution in [1.82, 2.24) is 5.32 Å². The standard InChI is InChI=1S/C19H20ClN3O2/c1-12-3-7-15(8-4-12)23-10-9-16(18(23)24)21-19(25)22-17-11-14(20)6-5-13(17)2/h3-8,11,16H,9-10H2,1-2H3,(H2,21,22,25)/t16-/m0/s1. The fourth-order valence-electron chi connectivity index (χ4n) is 2.84. The van der Waals surface area contributed by atoms with Gasteiger partial charge in [-0.25, -0.2) is 4.79 Å². The molecule has 2 aromatic rings. The van der Waals surface area contributed by atoms with Gasteiger partial charge in [-0.3, -0.25) is 4.79 Å². The molecule has 1 aliphatic heterocycles. The van der Waals surface area contributed by atoms with E-state index in [9.17, 15) is 9.59 Å². The van der Waals surface area contributed by atoms with Gasteiger partial charge in [0.1, 0.15) is 6.04 Å². The van der Waals surface area contributed by atoms with E-state index in [2.05, 4.69) is 10.6 Å². The van der Waals surface area contributed by atoms with Crippen molar-refractivity contribution in [2.45, 2.75) is 26.3 Å². The summed E-state index contributed by atoms with van der Waals surface area (Å²) in [5.41, 5.74) is 3.52. The van der Waals surface area contributed by atoms with Crippen LogP contribution in [0.5, 0.6) is 0 Å². The first-order valence-corrected chi connectivity index (χ1v) is 8.53. The van der Waals surface area contributed by atoms with Gasteiger partial charge in [-0.2, -0.15) is 0 Å². The van der Waals surface area contributed by atoms with Gasteiger partial charge in [-0.05, 0) is 50.1 Å². The molecular formula is C19H20ClN3O2. The number of anilines is 2.